The molecule has 0 bridgehead atoms. The first-order valence-electron chi connectivity index (χ1n) is 6.30. The first-order valence-corrected chi connectivity index (χ1v) is 6.30. The summed E-state index contributed by atoms with van der Waals surface area (Å²) in [7, 11) is 0. The number of hydrogen-bond donors (Lipinski definition) is 2. The van der Waals surface area contributed by atoms with Crippen LogP contribution in [0.25, 0.3) is 0 Å². The van der Waals surface area contributed by atoms with E-state index in [1.807, 2.05) is 0 Å². The normalized spacial score (nSPS) is 24.2. The van der Waals surface area contributed by atoms with Crippen LogP contribution in [-0.2, 0) is 0 Å². The first-order chi connectivity index (χ1) is 8.99. The zero-order valence-corrected chi connectivity index (χ0v) is 10.7. The van der Waals surface area contributed by atoms with Crippen LogP contribution in [0.15, 0.2) is 18.2 Å². The lowest BCUT2D eigenvalue weighted by molar-refractivity contribution is -0.385. The van der Waals surface area contributed by atoms with Crippen molar-refractivity contribution < 1.29 is 19.9 Å². The highest BCUT2D eigenvalue weighted by atomic mass is 16.6. The van der Waals surface area contributed by atoms with Crippen molar-refractivity contribution in [2.45, 2.75) is 44.5 Å². The molecule has 0 aliphatic heterocycles. The van der Waals surface area contributed by atoms with Crippen molar-refractivity contribution in [2.24, 2.45) is 0 Å². The summed E-state index contributed by atoms with van der Waals surface area (Å²) in [6.45, 7) is 1.52. The Balaban J connectivity index is 2.26. The summed E-state index contributed by atoms with van der Waals surface area (Å²) < 4.78 is 5.68. The molecule has 0 radical (unpaired) electrons. The average molecular weight is 267 g/mol. The quantitative estimate of drug-likeness (QED) is 0.642. The fraction of sp³-hybridized carbons (Fsp3) is 0.538. The number of aliphatic hydroxyl groups excluding tert-OH is 2. The molecule has 0 aromatic heterocycles. The van der Waals surface area contributed by atoms with E-state index in [1.54, 1.807) is 0 Å². The van der Waals surface area contributed by atoms with E-state index in [-0.39, 0.29) is 11.8 Å². The molecule has 2 N–H and O–H groups in total. The molecular formula is C13H17NO5. The Labute approximate surface area is 110 Å². The number of nitro groups is 1. The SMILES string of the molecule is CC(O)c1cc([N+](=O)[O-])ccc1OC1CCCC1O. The fourth-order valence-corrected chi connectivity index (χ4v) is 2.29. The van der Waals surface area contributed by atoms with E-state index in [1.165, 1.54) is 25.1 Å². The Morgan fingerprint density at radius 3 is 2.74 bits per heavy atom. The van der Waals surface area contributed by atoms with Crippen LogP contribution in [0.1, 0.15) is 37.9 Å². The van der Waals surface area contributed by atoms with Crippen molar-refractivity contribution in [2.75, 3.05) is 0 Å². The maximum absolute atomic E-state index is 10.7. The lowest BCUT2D eigenvalue weighted by Gasteiger charge is -2.20. The van der Waals surface area contributed by atoms with Crippen LogP contribution in [0.4, 0.5) is 5.69 Å². The minimum Gasteiger partial charge on any atom is -0.487 e. The van der Waals surface area contributed by atoms with Crippen molar-refractivity contribution in [3.63, 3.8) is 0 Å². The number of rotatable bonds is 4. The van der Waals surface area contributed by atoms with Gasteiger partial charge in [0.25, 0.3) is 5.69 Å². The van der Waals surface area contributed by atoms with Gasteiger partial charge in [-0.25, -0.2) is 0 Å². The van der Waals surface area contributed by atoms with Crippen LogP contribution < -0.4 is 4.74 Å². The third kappa shape index (κ3) is 3.02. The van der Waals surface area contributed by atoms with Gasteiger partial charge in [0.1, 0.15) is 11.9 Å². The minimum absolute atomic E-state index is 0.0878. The number of hydrogen-bond acceptors (Lipinski definition) is 5. The molecule has 1 fully saturated rings. The van der Waals surface area contributed by atoms with Gasteiger partial charge in [0, 0.05) is 17.7 Å². The summed E-state index contributed by atoms with van der Waals surface area (Å²) >= 11 is 0. The molecule has 0 heterocycles. The van der Waals surface area contributed by atoms with Gasteiger partial charge in [0.15, 0.2) is 0 Å². The highest BCUT2D eigenvalue weighted by Gasteiger charge is 2.28. The van der Waals surface area contributed by atoms with Gasteiger partial charge in [-0.15, -0.1) is 0 Å². The number of nitrogens with zero attached hydrogens (tertiary/aromatic N) is 1. The second-order valence-corrected chi connectivity index (χ2v) is 4.81. The summed E-state index contributed by atoms with van der Waals surface area (Å²) in [5.74, 6) is 0.395. The maximum Gasteiger partial charge on any atom is 0.270 e. The summed E-state index contributed by atoms with van der Waals surface area (Å²) in [4.78, 5) is 10.2. The monoisotopic (exact) mass is 267 g/mol. The average Bonchev–Trinajstić information content (AvgIpc) is 2.75. The molecule has 2 rings (SSSR count). The minimum atomic E-state index is -0.867. The van der Waals surface area contributed by atoms with Gasteiger partial charge in [-0.2, -0.15) is 0 Å². The molecule has 1 aromatic rings. The maximum atomic E-state index is 10.7. The van der Waals surface area contributed by atoms with Gasteiger partial charge in [-0.1, -0.05) is 0 Å². The third-order valence-corrected chi connectivity index (χ3v) is 3.35. The molecular weight excluding hydrogens is 250 g/mol. The number of ether oxygens (including phenoxy) is 1. The summed E-state index contributed by atoms with van der Waals surface area (Å²) in [5.41, 5.74) is 0.281. The second-order valence-electron chi connectivity index (χ2n) is 4.81. The van der Waals surface area contributed by atoms with Gasteiger partial charge in [-0.3, -0.25) is 10.1 Å². The Hall–Kier alpha value is -1.66. The Kier molecular flexibility index (Phi) is 4.01. The molecule has 0 spiro atoms. The third-order valence-electron chi connectivity index (χ3n) is 3.35. The Morgan fingerprint density at radius 1 is 1.47 bits per heavy atom. The highest BCUT2D eigenvalue weighted by Crippen LogP contribution is 2.32. The molecule has 3 unspecified atom stereocenters. The first kappa shape index (κ1) is 13.8. The van der Waals surface area contributed by atoms with Crippen molar-refractivity contribution in [1.82, 2.24) is 0 Å². The standard InChI is InChI=1S/C13H17NO5/c1-8(15)10-7-9(14(17)18)5-6-12(10)19-13-4-2-3-11(13)16/h5-8,11,13,15-16H,2-4H2,1H3. The molecule has 6 heteroatoms. The lowest BCUT2D eigenvalue weighted by atomic mass is 10.1. The van der Waals surface area contributed by atoms with Crippen molar-refractivity contribution in [3.05, 3.63) is 33.9 Å². The topological polar surface area (TPSA) is 92.8 Å². The molecule has 1 aliphatic rings. The Morgan fingerprint density at radius 2 is 2.21 bits per heavy atom. The van der Waals surface area contributed by atoms with E-state index >= 15 is 0 Å². The van der Waals surface area contributed by atoms with Crippen LogP contribution in [0, 0.1) is 10.1 Å². The van der Waals surface area contributed by atoms with Crippen molar-refractivity contribution in [3.8, 4) is 5.75 Å². The van der Waals surface area contributed by atoms with Crippen molar-refractivity contribution in [1.29, 1.82) is 0 Å². The lowest BCUT2D eigenvalue weighted by Crippen LogP contribution is -2.26. The van der Waals surface area contributed by atoms with E-state index < -0.39 is 17.1 Å². The second kappa shape index (κ2) is 5.54. The molecule has 1 aliphatic carbocycles. The van der Waals surface area contributed by atoms with Crippen LogP contribution in [-0.4, -0.2) is 27.3 Å². The van der Waals surface area contributed by atoms with Crippen LogP contribution in [0.5, 0.6) is 5.75 Å². The number of benzene rings is 1. The van der Waals surface area contributed by atoms with Gasteiger partial charge >= 0.3 is 0 Å². The molecule has 1 saturated carbocycles. The molecule has 0 saturated heterocycles. The number of non-ortho nitro benzene ring substituents is 1. The molecule has 0 amide bonds. The van der Waals surface area contributed by atoms with E-state index in [2.05, 4.69) is 0 Å². The summed E-state index contributed by atoms with van der Waals surface area (Å²) in [5, 5.41) is 30.1. The Bertz CT molecular complexity index is 474. The van der Waals surface area contributed by atoms with Crippen LogP contribution >= 0.6 is 0 Å². The zero-order valence-electron chi connectivity index (χ0n) is 10.7. The number of aliphatic hydroxyl groups is 2. The largest absolute Gasteiger partial charge is 0.487 e. The molecule has 104 valence electrons. The highest BCUT2D eigenvalue weighted by molar-refractivity contribution is 5.45. The molecule has 6 nitrogen and oxygen atoms in total. The van der Waals surface area contributed by atoms with E-state index in [0.717, 1.165) is 12.8 Å². The van der Waals surface area contributed by atoms with Gasteiger partial charge in [0.2, 0.25) is 0 Å². The smallest absolute Gasteiger partial charge is 0.270 e. The van der Waals surface area contributed by atoms with E-state index in [0.29, 0.717) is 17.7 Å². The van der Waals surface area contributed by atoms with E-state index in [4.69, 9.17) is 4.74 Å². The predicted octanol–water partition coefficient (Wildman–Crippen LogP) is 1.94. The number of nitro benzene ring substituents is 1. The van der Waals surface area contributed by atoms with Gasteiger partial charge in [0.05, 0.1) is 17.1 Å². The molecule has 1 aromatic carbocycles. The molecule has 3 atom stereocenters. The summed E-state index contributed by atoms with van der Waals surface area (Å²) in [6, 6.07) is 4.12. The van der Waals surface area contributed by atoms with Crippen molar-refractivity contribution >= 4 is 5.69 Å². The van der Waals surface area contributed by atoms with Crippen LogP contribution in [0.2, 0.25) is 0 Å². The fourth-order valence-electron chi connectivity index (χ4n) is 2.29. The molecule has 19 heavy (non-hydrogen) atoms. The van der Waals surface area contributed by atoms with Crippen LogP contribution in [0.3, 0.4) is 0 Å². The zero-order chi connectivity index (χ0) is 14.0. The van der Waals surface area contributed by atoms with E-state index in [9.17, 15) is 20.3 Å². The van der Waals surface area contributed by atoms with Gasteiger partial charge < -0.3 is 14.9 Å². The summed E-state index contributed by atoms with van der Waals surface area (Å²) in [6.07, 6.45) is 0.645. The van der Waals surface area contributed by atoms with Gasteiger partial charge in [-0.05, 0) is 32.3 Å². The predicted molar refractivity (Wildman–Crippen MR) is 68.0 cm³/mol.